The Morgan fingerprint density at radius 2 is 1.68 bits per heavy atom. The van der Waals surface area contributed by atoms with Crippen LogP contribution in [0.15, 0.2) is 36.4 Å². The van der Waals surface area contributed by atoms with E-state index in [0.29, 0.717) is 19.6 Å². The molecule has 1 fully saturated rings. The maximum Gasteiger partial charge on any atom is 0.279 e. The maximum absolute atomic E-state index is 12.5. The lowest BCUT2D eigenvalue weighted by molar-refractivity contribution is -1.00. The third-order valence-electron chi connectivity index (χ3n) is 5.34. The van der Waals surface area contributed by atoms with E-state index >= 15 is 0 Å². The number of amides is 2. The molecule has 0 atom stereocenters. The number of para-hydroxylation sites is 1. The highest BCUT2D eigenvalue weighted by molar-refractivity contribution is 5.92. The molecule has 0 aliphatic carbocycles. The van der Waals surface area contributed by atoms with Crippen LogP contribution in [0.25, 0.3) is 0 Å². The van der Waals surface area contributed by atoms with Gasteiger partial charge in [0.05, 0.1) is 0 Å². The maximum atomic E-state index is 12.5. The zero-order valence-corrected chi connectivity index (χ0v) is 17.6. The Hall–Kier alpha value is -2.18. The number of anilines is 1. The summed E-state index contributed by atoms with van der Waals surface area (Å²) in [6.45, 7) is 16.0. The molecule has 1 aromatic carbocycles. The molecule has 6 nitrogen and oxygen atoms in total. The zero-order chi connectivity index (χ0) is 20.5. The number of likely N-dealkylation sites (N-methyl/N-ethyl adjacent to an activating group) is 1. The van der Waals surface area contributed by atoms with E-state index in [1.807, 2.05) is 36.9 Å². The van der Waals surface area contributed by atoms with Gasteiger partial charge in [-0.25, -0.2) is 0 Å². The van der Waals surface area contributed by atoms with Crippen LogP contribution in [0.2, 0.25) is 0 Å². The Bertz CT molecular complexity index is 681. The topological polar surface area (TPSA) is 58.3 Å². The lowest BCUT2D eigenvalue weighted by Crippen LogP contribution is -3.28. The first kappa shape index (κ1) is 22.1. The van der Waals surface area contributed by atoms with Crippen molar-refractivity contribution < 1.29 is 19.4 Å². The zero-order valence-electron chi connectivity index (χ0n) is 17.6. The fraction of sp³-hybridized carbons (Fsp3) is 0.545. The van der Waals surface area contributed by atoms with Gasteiger partial charge in [-0.15, -0.1) is 0 Å². The number of piperazine rings is 1. The first-order valence-corrected chi connectivity index (χ1v) is 10.4. The average molecular weight is 389 g/mol. The van der Waals surface area contributed by atoms with E-state index in [9.17, 15) is 9.59 Å². The molecule has 0 aromatic heterocycles. The fourth-order valence-electron chi connectivity index (χ4n) is 3.71. The summed E-state index contributed by atoms with van der Waals surface area (Å²) < 4.78 is 0. The molecule has 28 heavy (non-hydrogen) atoms. The molecular formula is C22H36N4O2+2. The van der Waals surface area contributed by atoms with Crippen LogP contribution in [0.1, 0.15) is 26.3 Å². The fourth-order valence-corrected chi connectivity index (χ4v) is 3.71. The van der Waals surface area contributed by atoms with E-state index in [1.54, 1.807) is 0 Å². The van der Waals surface area contributed by atoms with Gasteiger partial charge in [-0.3, -0.25) is 9.59 Å². The average Bonchev–Trinajstić information content (AvgIpc) is 2.67. The van der Waals surface area contributed by atoms with Crippen LogP contribution in [-0.4, -0.2) is 69.1 Å². The van der Waals surface area contributed by atoms with Crippen molar-refractivity contribution in [2.45, 2.75) is 27.2 Å². The van der Waals surface area contributed by atoms with Crippen molar-refractivity contribution in [1.82, 2.24) is 4.90 Å². The Labute approximate surface area is 169 Å². The molecule has 1 heterocycles. The summed E-state index contributed by atoms with van der Waals surface area (Å²) in [6.07, 6.45) is 0.902. The second kappa shape index (κ2) is 11.0. The third-order valence-corrected chi connectivity index (χ3v) is 5.34. The lowest BCUT2D eigenvalue weighted by Gasteiger charge is -2.30. The number of nitrogens with zero attached hydrogens (tertiary/aromatic N) is 1. The van der Waals surface area contributed by atoms with Crippen LogP contribution in [-0.2, 0) is 16.0 Å². The van der Waals surface area contributed by atoms with Crippen molar-refractivity contribution in [1.29, 1.82) is 0 Å². The SMILES string of the molecule is C=C(C)CN(CC)C(=O)C[NH+]1CC[NH+](CC(=O)Nc2ccccc2CC)CC1. The molecule has 154 valence electrons. The molecule has 1 aliphatic rings. The predicted octanol–water partition coefficient (Wildman–Crippen LogP) is -0.604. The van der Waals surface area contributed by atoms with Gasteiger partial charge >= 0.3 is 0 Å². The summed E-state index contributed by atoms with van der Waals surface area (Å²) >= 11 is 0. The van der Waals surface area contributed by atoms with Crippen molar-refractivity contribution in [3.8, 4) is 0 Å². The molecule has 3 N–H and O–H groups in total. The van der Waals surface area contributed by atoms with Crippen LogP contribution in [0.5, 0.6) is 0 Å². The number of carbonyl (C=O) groups excluding carboxylic acids is 2. The summed E-state index contributed by atoms with van der Waals surface area (Å²) in [5, 5.41) is 3.06. The normalized spacial score (nSPS) is 19.1. The van der Waals surface area contributed by atoms with Gasteiger partial charge in [0.2, 0.25) is 0 Å². The van der Waals surface area contributed by atoms with Crippen molar-refractivity contribution in [2.75, 3.05) is 57.7 Å². The molecular weight excluding hydrogens is 352 g/mol. The molecule has 1 aromatic rings. The third kappa shape index (κ3) is 6.77. The van der Waals surface area contributed by atoms with Crippen LogP contribution in [0.3, 0.4) is 0 Å². The largest absolute Gasteiger partial charge is 0.334 e. The number of hydrogen-bond acceptors (Lipinski definition) is 2. The summed E-state index contributed by atoms with van der Waals surface area (Å²) in [5.41, 5.74) is 3.09. The summed E-state index contributed by atoms with van der Waals surface area (Å²) in [4.78, 5) is 29.4. The lowest BCUT2D eigenvalue weighted by atomic mass is 10.1. The number of quaternary nitrogens is 2. The Morgan fingerprint density at radius 1 is 1.07 bits per heavy atom. The molecule has 1 saturated heterocycles. The highest BCUT2D eigenvalue weighted by Gasteiger charge is 2.27. The molecule has 2 rings (SSSR count). The van der Waals surface area contributed by atoms with Gasteiger partial charge in [0, 0.05) is 18.8 Å². The molecule has 1 aliphatic heterocycles. The quantitative estimate of drug-likeness (QED) is 0.495. The molecule has 0 unspecified atom stereocenters. The summed E-state index contributed by atoms with van der Waals surface area (Å²) in [5.74, 6) is 0.256. The van der Waals surface area contributed by atoms with Crippen LogP contribution >= 0.6 is 0 Å². The number of hydrogen-bond donors (Lipinski definition) is 3. The standard InChI is InChI=1S/C22H34N4O2/c1-5-19-9-7-8-10-20(19)23-21(27)16-24-11-13-25(14-12-24)17-22(28)26(6-2)15-18(3)4/h7-10H,3,5-6,11-17H2,1-2,4H3,(H,23,27)/p+2. The first-order valence-electron chi connectivity index (χ1n) is 10.4. The monoisotopic (exact) mass is 388 g/mol. The van der Waals surface area contributed by atoms with E-state index < -0.39 is 0 Å². The van der Waals surface area contributed by atoms with E-state index in [0.717, 1.165) is 56.0 Å². The van der Waals surface area contributed by atoms with Gasteiger partial charge in [0.25, 0.3) is 11.8 Å². The predicted molar refractivity (Wildman–Crippen MR) is 113 cm³/mol. The highest BCUT2D eigenvalue weighted by atomic mass is 16.2. The number of benzene rings is 1. The minimum atomic E-state index is 0.0639. The highest BCUT2D eigenvalue weighted by Crippen LogP contribution is 2.14. The minimum absolute atomic E-state index is 0.0639. The van der Waals surface area contributed by atoms with Crippen molar-refractivity contribution in [2.24, 2.45) is 0 Å². The van der Waals surface area contributed by atoms with Crippen molar-refractivity contribution in [3.63, 3.8) is 0 Å². The van der Waals surface area contributed by atoms with Gasteiger partial charge in [0.15, 0.2) is 13.1 Å². The van der Waals surface area contributed by atoms with Gasteiger partial charge in [0.1, 0.15) is 26.2 Å². The van der Waals surface area contributed by atoms with E-state index in [2.05, 4.69) is 24.9 Å². The molecule has 0 saturated carbocycles. The van der Waals surface area contributed by atoms with E-state index in [-0.39, 0.29) is 11.8 Å². The molecule has 0 bridgehead atoms. The van der Waals surface area contributed by atoms with E-state index in [4.69, 9.17) is 0 Å². The number of carbonyl (C=O) groups is 2. The van der Waals surface area contributed by atoms with Gasteiger partial charge < -0.3 is 20.0 Å². The number of nitrogens with one attached hydrogen (secondary N) is 3. The Morgan fingerprint density at radius 3 is 2.25 bits per heavy atom. The second-order valence-electron chi connectivity index (χ2n) is 7.78. The summed E-state index contributed by atoms with van der Waals surface area (Å²) in [6, 6.07) is 7.96. The smallest absolute Gasteiger partial charge is 0.279 e. The second-order valence-corrected chi connectivity index (χ2v) is 7.78. The number of rotatable bonds is 9. The Balaban J connectivity index is 1.76. The van der Waals surface area contributed by atoms with Gasteiger partial charge in [-0.1, -0.05) is 37.3 Å². The van der Waals surface area contributed by atoms with Gasteiger partial charge in [-0.2, -0.15) is 0 Å². The van der Waals surface area contributed by atoms with Crippen molar-refractivity contribution in [3.05, 3.63) is 42.0 Å². The van der Waals surface area contributed by atoms with E-state index in [1.165, 1.54) is 9.80 Å². The first-order chi connectivity index (χ1) is 13.4. The molecule has 0 radical (unpaired) electrons. The Kier molecular flexibility index (Phi) is 8.67. The molecule has 0 spiro atoms. The number of aryl methyl sites for hydroxylation is 1. The van der Waals surface area contributed by atoms with Crippen LogP contribution in [0, 0.1) is 0 Å². The molecule has 6 heteroatoms. The molecule has 2 amide bonds. The van der Waals surface area contributed by atoms with Crippen LogP contribution < -0.4 is 15.1 Å². The van der Waals surface area contributed by atoms with Crippen molar-refractivity contribution >= 4 is 17.5 Å². The van der Waals surface area contributed by atoms with Crippen LogP contribution in [0.4, 0.5) is 5.69 Å². The summed E-state index contributed by atoms with van der Waals surface area (Å²) in [7, 11) is 0. The minimum Gasteiger partial charge on any atom is -0.334 e. The van der Waals surface area contributed by atoms with Gasteiger partial charge in [-0.05, 0) is 31.9 Å².